The summed E-state index contributed by atoms with van der Waals surface area (Å²) in [4.78, 5) is 20.0. The highest BCUT2D eigenvalue weighted by molar-refractivity contribution is 5.93. The second-order valence-corrected chi connectivity index (χ2v) is 3.45. The van der Waals surface area contributed by atoms with Gasteiger partial charge >= 0.3 is 0 Å². The maximum absolute atomic E-state index is 11.5. The molecule has 2 aromatic rings. The summed E-state index contributed by atoms with van der Waals surface area (Å²) in [6.45, 7) is 0. The fraction of sp³-hybridized carbons (Fsp3) is 0.0769. The average Bonchev–Trinajstić information content (AvgIpc) is 2.40. The standard InChI is InChI=1S/C13H12N2O3/c1-17-15-13(16)10-3-2-4-12(9-10)18-11-5-7-14-8-6-11/h2-9H,1H3,(H,15,16). The van der Waals surface area contributed by atoms with Crippen molar-refractivity contribution in [2.75, 3.05) is 7.11 Å². The van der Waals surface area contributed by atoms with E-state index in [9.17, 15) is 4.79 Å². The molecule has 0 saturated carbocycles. The number of nitrogens with zero attached hydrogens (tertiary/aromatic N) is 1. The van der Waals surface area contributed by atoms with Crippen LogP contribution in [0.15, 0.2) is 48.8 Å². The summed E-state index contributed by atoms with van der Waals surface area (Å²) in [5, 5.41) is 0. The molecule has 0 radical (unpaired) electrons. The Morgan fingerprint density at radius 3 is 2.67 bits per heavy atom. The third-order valence-electron chi connectivity index (χ3n) is 2.18. The summed E-state index contributed by atoms with van der Waals surface area (Å²) in [5.74, 6) is 0.914. The van der Waals surface area contributed by atoms with Crippen molar-refractivity contribution in [3.05, 3.63) is 54.4 Å². The van der Waals surface area contributed by atoms with Crippen LogP contribution in [0, 0.1) is 0 Å². The summed E-state index contributed by atoms with van der Waals surface area (Å²) >= 11 is 0. The smallest absolute Gasteiger partial charge is 0.274 e. The number of ether oxygens (including phenoxy) is 1. The first-order valence-corrected chi connectivity index (χ1v) is 5.31. The van der Waals surface area contributed by atoms with E-state index in [0.29, 0.717) is 17.1 Å². The van der Waals surface area contributed by atoms with Crippen molar-refractivity contribution in [1.82, 2.24) is 10.5 Å². The zero-order valence-corrected chi connectivity index (χ0v) is 9.79. The minimum absolute atomic E-state index is 0.322. The lowest BCUT2D eigenvalue weighted by atomic mass is 10.2. The van der Waals surface area contributed by atoms with E-state index >= 15 is 0 Å². The topological polar surface area (TPSA) is 60.5 Å². The van der Waals surface area contributed by atoms with Crippen LogP contribution in [-0.2, 0) is 4.84 Å². The van der Waals surface area contributed by atoms with Gasteiger partial charge in [-0.1, -0.05) is 6.07 Å². The Morgan fingerprint density at radius 2 is 1.94 bits per heavy atom. The third kappa shape index (κ3) is 3.05. The molecule has 1 aromatic heterocycles. The molecule has 2 rings (SSSR count). The van der Waals surface area contributed by atoms with Crippen molar-refractivity contribution in [2.24, 2.45) is 0 Å². The lowest BCUT2D eigenvalue weighted by Gasteiger charge is -2.07. The Hall–Kier alpha value is -2.40. The van der Waals surface area contributed by atoms with Crippen LogP contribution < -0.4 is 10.2 Å². The molecule has 0 unspecified atom stereocenters. The zero-order chi connectivity index (χ0) is 12.8. The van der Waals surface area contributed by atoms with E-state index in [0.717, 1.165) is 0 Å². The molecule has 0 bridgehead atoms. The Kier molecular flexibility index (Phi) is 3.88. The van der Waals surface area contributed by atoms with Gasteiger partial charge in [0.25, 0.3) is 5.91 Å². The van der Waals surface area contributed by atoms with Gasteiger partial charge in [0.05, 0.1) is 7.11 Å². The van der Waals surface area contributed by atoms with Gasteiger partial charge in [-0.2, -0.15) is 0 Å². The van der Waals surface area contributed by atoms with Gasteiger partial charge in [0.15, 0.2) is 0 Å². The van der Waals surface area contributed by atoms with Crippen LogP contribution in [0.25, 0.3) is 0 Å². The highest BCUT2D eigenvalue weighted by Crippen LogP contribution is 2.21. The number of aromatic nitrogens is 1. The van der Waals surface area contributed by atoms with Crippen LogP contribution in [0.5, 0.6) is 11.5 Å². The van der Waals surface area contributed by atoms with Crippen LogP contribution in [-0.4, -0.2) is 18.0 Å². The van der Waals surface area contributed by atoms with Crippen molar-refractivity contribution in [3.63, 3.8) is 0 Å². The highest BCUT2D eigenvalue weighted by atomic mass is 16.6. The van der Waals surface area contributed by atoms with Crippen LogP contribution in [0.3, 0.4) is 0 Å². The molecule has 0 aliphatic rings. The molecular weight excluding hydrogens is 232 g/mol. The number of carbonyl (C=O) groups is 1. The second kappa shape index (κ2) is 5.79. The average molecular weight is 244 g/mol. The summed E-state index contributed by atoms with van der Waals surface area (Å²) in [7, 11) is 1.38. The van der Waals surface area contributed by atoms with Gasteiger partial charge in [0, 0.05) is 18.0 Å². The molecule has 1 heterocycles. The molecule has 0 aliphatic carbocycles. The van der Waals surface area contributed by atoms with E-state index in [4.69, 9.17) is 4.74 Å². The SMILES string of the molecule is CONC(=O)c1cccc(Oc2ccncc2)c1. The number of carbonyl (C=O) groups excluding carboxylic acids is 1. The van der Waals surface area contributed by atoms with Crippen LogP contribution in [0.4, 0.5) is 0 Å². The monoisotopic (exact) mass is 244 g/mol. The maximum atomic E-state index is 11.5. The molecule has 5 nitrogen and oxygen atoms in total. The second-order valence-electron chi connectivity index (χ2n) is 3.45. The molecule has 1 N–H and O–H groups in total. The van der Waals surface area contributed by atoms with E-state index in [1.165, 1.54) is 7.11 Å². The van der Waals surface area contributed by atoms with E-state index in [2.05, 4.69) is 15.3 Å². The van der Waals surface area contributed by atoms with Gasteiger partial charge < -0.3 is 4.74 Å². The number of amides is 1. The van der Waals surface area contributed by atoms with Crippen molar-refractivity contribution in [1.29, 1.82) is 0 Å². The number of hydrogen-bond acceptors (Lipinski definition) is 4. The Morgan fingerprint density at radius 1 is 1.17 bits per heavy atom. The summed E-state index contributed by atoms with van der Waals surface area (Å²) in [5.41, 5.74) is 2.71. The number of hydroxylamine groups is 1. The highest BCUT2D eigenvalue weighted by Gasteiger charge is 2.06. The molecule has 92 valence electrons. The first-order chi connectivity index (χ1) is 8.79. The van der Waals surface area contributed by atoms with Gasteiger partial charge in [-0.05, 0) is 30.3 Å². The summed E-state index contributed by atoms with van der Waals surface area (Å²) in [6, 6.07) is 10.3. The molecule has 0 atom stereocenters. The Balaban J connectivity index is 2.15. The summed E-state index contributed by atoms with van der Waals surface area (Å²) < 4.78 is 5.59. The molecule has 18 heavy (non-hydrogen) atoms. The quantitative estimate of drug-likeness (QED) is 0.837. The first kappa shape index (κ1) is 12.1. The van der Waals surface area contributed by atoms with Crippen LogP contribution in [0.1, 0.15) is 10.4 Å². The van der Waals surface area contributed by atoms with Gasteiger partial charge in [0.1, 0.15) is 11.5 Å². The maximum Gasteiger partial charge on any atom is 0.274 e. The normalized spacial score (nSPS) is 9.83. The lowest BCUT2D eigenvalue weighted by molar-refractivity contribution is 0.0537. The number of benzene rings is 1. The van der Waals surface area contributed by atoms with Gasteiger partial charge in [-0.15, -0.1) is 0 Å². The fourth-order valence-corrected chi connectivity index (χ4v) is 1.39. The molecule has 1 amide bonds. The van der Waals surface area contributed by atoms with Gasteiger partial charge in [0.2, 0.25) is 0 Å². The molecule has 5 heteroatoms. The van der Waals surface area contributed by atoms with E-state index in [1.54, 1.807) is 48.8 Å². The number of nitrogens with one attached hydrogen (secondary N) is 1. The lowest BCUT2D eigenvalue weighted by Crippen LogP contribution is -2.21. The largest absolute Gasteiger partial charge is 0.457 e. The summed E-state index contributed by atoms with van der Waals surface area (Å²) in [6.07, 6.45) is 3.27. The molecule has 0 fully saturated rings. The van der Waals surface area contributed by atoms with Crippen LogP contribution >= 0.6 is 0 Å². The number of hydrogen-bond donors (Lipinski definition) is 1. The predicted octanol–water partition coefficient (Wildman–Crippen LogP) is 2.17. The predicted molar refractivity (Wildman–Crippen MR) is 65.2 cm³/mol. The van der Waals surface area contributed by atoms with Crippen molar-refractivity contribution in [2.45, 2.75) is 0 Å². The van der Waals surface area contributed by atoms with Crippen molar-refractivity contribution in [3.8, 4) is 11.5 Å². The first-order valence-electron chi connectivity index (χ1n) is 5.31. The van der Waals surface area contributed by atoms with Gasteiger partial charge in [-0.25, -0.2) is 5.48 Å². The number of rotatable bonds is 4. The molecule has 0 saturated heterocycles. The molecular formula is C13H12N2O3. The minimum atomic E-state index is -0.322. The van der Waals surface area contributed by atoms with Crippen LogP contribution in [0.2, 0.25) is 0 Å². The third-order valence-corrected chi connectivity index (χ3v) is 2.18. The number of pyridine rings is 1. The van der Waals surface area contributed by atoms with Gasteiger partial charge in [-0.3, -0.25) is 14.6 Å². The molecule has 1 aromatic carbocycles. The zero-order valence-electron chi connectivity index (χ0n) is 9.79. The van der Waals surface area contributed by atoms with Crippen molar-refractivity contribution < 1.29 is 14.4 Å². The van der Waals surface area contributed by atoms with E-state index in [-0.39, 0.29) is 5.91 Å². The minimum Gasteiger partial charge on any atom is -0.457 e. The Labute approximate surface area is 104 Å². The molecule has 0 aliphatic heterocycles. The Bertz CT molecular complexity index is 529. The molecule has 0 spiro atoms. The van der Waals surface area contributed by atoms with E-state index in [1.807, 2.05) is 0 Å². The van der Waals surface area contributed by atoms with Crippen molar-refractivity contribution >= 4 is 5.91 Å². The fourth-order valence-electron chi connectivity index (χ4n) is 1.39. The van der Waals surface area contributed by atoms with E-state index < -0.39 is 0 Å².